The van der Waals surface area contributed by atoms with E-state index in [-0.39, 0.29) is 5.56 Å². The third-order valence-corrected chi connectivity index (χ3v) is 5.45. The molecule has 0 atom stereocenters. The molecule has 0 saturated carbocycles. The van der Waals surface area contributed by atoms with Gasteiger partial charge in [-0.1, -0.05) is 24.3 Å². The van der Waals surface area contributed by atoms with Gasteiger partial charge in [0.1, 0.15) is 0 Å². The number of rotatable bonds is 2. The number of aryl methyl sites for hydroxylation is 1. The summed E-state index contributed by atoms with van der Waals surface area (Å²) < 4.78 is 1.75. The summed E-state index contributed by atoms with van der Waals surface area (Å²) in [7, 11) is 1.85. The van der Waals surface area contributed by atoms with Crippen LogP contribution < -0.4 is 5.56 Å². The highest BCUT2D eigenvalue weighted by Gasteiger charge is 2.18. The van der Waals surface area contributed by atoms with Crippen molar-refractivity contribution in [3.63, 3.8) is 0 Å². The molecule has 0 bridgehead atoms. The normalized spacial score (nSPS) is 11.1. The molecule has 3 aromatic heterocycles. The number of hydrogen-bond donors (Lipinski definition) is 0. The van der Waals surface area contributed by atoms with Gasteiger partial charge in [-0.25, -0.2) is 0 Å². The van der Waals surface area contributed by atoms with Crippen LogP contribution in [0.15, 0.2) is 63.4 Å². The van der Waals surface area contributed by atoms with Gasteiger partial charge in [0, 0.05) is 22.9 Å². The molecule has 0 amide bonds. The van der Waals surface area contributed by atoms with E-state index < -0.39 is 0 Å². The molecule has 4 heteroatoms. The van der Waals surface area contributed by atoms with E-state index in [4.69, 9.17) is 0 Å². The predicted molar refractivity (Wildman–Crippen MR) is 95.8 cm³/mol. The summed E-state index contributed by atoms with van der Waals surface area (Å²) in [5.74, 6) is 0. The molecular weight excluding hydrogens is 310 g/mol. The van der Waals surface area contributed by atoms with Crippen molar-refractivity contribution in [1.29, 1.82) is 0 Å². The lowest BCUT2D eigenvalue weighted by atomic mass is 9.97. The summed E-state index contributed by atoms with van der Waals surface area (Å²) in [5, 5.41) is 7.23. The lowest BCUT2D eigenvalue weighted by Crippen LogP contribution is -2.20. The van der Waals surface area contributed by atoms with Crippen molar-refractivity contribution in [2.75, 3.05) is 0 Å². The summed E-state index contributed by atoms with van der Waals surface area (Å²) >= 11 is 3.29. The number of thiophene rings is 2. The van der Waals surface area contributed by atoms with Crippen LogP contribution >= 0.6 is 22.7 Å². The first-order valence-corrected chi connectivity index (χ1v) is 8.78. The second kappa shape index (κ2) is 5.23. The van der Waals surface area contributed by atoms with Crippen LogP contribution in [0.3, 0.4) is 0 Å². The standard InChI is InChI=1S/C18H13NOS2/c1-19-14-6-3-2-5-13(14)17(15-7-4-9-22-15)16(18(19)20)12-8-10-21-11-12/h2-11H,1H3. The first-order chi connectivity index (χ1) is 10.8. The average Bonchev–Trinajstić information content (AvgIpc) is 3.23. The van der Waals surface area contributed by atoms with Gasteiger partial charge in [0.25, 0.3) is 5.56 Å². The number of aromatic nitrogens is 1. The van der Waals surface area contributed by atoms with Gasteiger partial charge >= 0.3 is 0 Å². The molecule has 0 radical (unpaired) electrons. The zero-order valence-electron chi connectivity index (χ0n) is 11.9. The molecule has 0 saturated heterocycles. The van der Waals surface area contributed by atoms with E-state index in [0.29, 0.717) is 0 Å². The van der Waals surface area contributed by atoms with Crippen LogP contribution in [-0.4, -0.2) is 4.57 Å². The number of nitrogens with zero attached hydrogens (tertiary/aromatic N) is 1. The zero-order chi connectivity index (χ0) is 15.1. The van der Waals surface area contributed by atoms with Crippen molar-refractivity contribution in [3.05, 3.63) is 69.0 Å². The van der Waals surface area contributed by atoms with E-state index in [1.807, 2.05) is 48.1 Å². The molecule has 22 heavy (non-hydrogen) atoms. The fourth-order valence-electron chi connectivity index (χ4n) is 2.85. The monoisotopic (exact) mass is 323 g/mol. The van der Waals surface area contributed by atoms with Crippen molar-refractivity contribution in [1.82, 2.24) is 4.57 Å². The molecule has 3 heterocycles. The SMILES string of the molecule is Cn1c(=O)c(-c2ccsc2)c(-c2cccs2)c2ccccc21. The molecule has 4 rings (SSSR count). The van der Waals surface area contributed by atoms with Gasteiger partial charge in [0.15, 0.2) is 0 Å². The van der Waals surface area contributed by atoms with E-state index in [9.17, 15) is 4.79 Å². The highest BCUT2D eigenvalue weighted by molar-refractivity contribution is 7.13. The van der Waals surface area contributed by atoms with Crippen molar-refractivity contribution < 1.29 is 0 Å². The molecule has 1 aromatic carbocycles. The number of pyridine rings is 1. The van der Waals surface area contributed by atoms with Crippen LogP contribution in [0.5, 0.6) is 0 Å². The van der Waals surface area contributed by atoms with Gasteiger partial charge in [-0.2, -0.15) is 11.3 Å². The third kappa shape index (κ3) is 1.95. The molecule has 4 aromatic rings. The Morgan fingerprint density at radius 3 is 2.55 bits per heavy atom. The Kier molecular flexibility index (Phi) is 3.21. The lowest BCUT2D eigenvalue weighted by molar-refractivity contribution is 0.910. The van der Waals surface area contributed by atoms with Crippen LogP contribution in [0.1, 0.15) is 0 Å². The minimum absolute atomic E-state index is 0.0560. The van der Waals surface area contributed by atoms with Crippen molar-refractivity contribution in [3.8, 4) is 21.6 Å². The van der Waals surface area contributed by atoms with Gasteiger partial charge in [0.05, 0.1) is 11.1 Å². The second-order valence-corrected chi connectivity index (χ2v) is 6.85. The van der Waals surface area contributed by atoms with Gasteiger partial charge in [-0.3, -0.25) is 4.79 Å². The Hall–Kier alpha value is -2.17. The Morgan fingerprint density at radius 1 is 0.955 bits per heavy atom. The molecular formula is C18H13NOS2. The highest BCUT2D eigenvalue weighted by Crippen LogP contribution is 2.38. The maximum atomic E-state index is 13.0. The fraction of sp³-hybridized carbons (Fsp3) is 0.0556. The number of para-hydroxylation sites is 1. The predicted octanol–water partition coefficient (Wildman–Crippen LogP) is 5.00. The molecule has 0 aliphatic rings. The summed E-state index contributed by atoms with van der Waals surface area (Å²) in [5.41, 5.74) is 3.87. The number of fused-ring (bicyclic) bond motifs is 1. The highest BCUT2D eigenvalue weighted by atomic mass is 32.1. The topological polar surface area (TPSA) is 22.0 Å². The Balaban J connectivity index is 2.25. The van der Waals surface area contributed by atoms with Crippen LogP contribution in [0.2, 0.25) is 0 Å². The maximum absolute atomic E-state index is 13.0. The molecule has 0 N–H and O–H groups in total. The van der Waals surface area contributed by atoms with E-state index in [1.54, 1.807) is 27.2 Å². The fourth-order valence-corrected chi connectivity index (χ4v) is 4.29. The van der Waals surface area contributed by atoms with Gasteiger partial charge in [-0.05, 0) is 39.9 Å². The van der Waals surface area contributed by atoms with Crippen molar-refractivity contribution in [2.24, 2.45) is 7.05 Å². The minimum Gasteiger partial charge on any atom is -0.311 e. The average molecular weight is 323 g/mol. The van der Waals surface area contributed by atoms with Gasteiger partial charge in [-0.15, -0.1) is 11.3 Å². The van der Waals surface area contributed by atoms with Crippen LogP contribution in [0, 0.1) is 0 Å². The number of benzene rings is 1. The third-order valence-electron chi connectivity index (χ3n) is 3.88. The van der Waals surface area contributed by atoms with E-state index in [0.717, 1.165) is 32.5 Å². The summed E-state index contributed by atoms with van der Waals surface area (Å²) in [6, 6.07) is 14.2. The molecule has 0 spiro atoms. The summed E-state index contributed by atoms with van der Waals surface area (Å²) in [6.07, 6.45) is 0. The Morgan fingerprint density at radius 2 is 1.82 bits per heavy atom. The van der Waals surface area contributed by atoms with Gasteiger partial charge in [0.2, 0.25) is 0 Å². The molecule has 108 valence electrons. The Labute approximate surface area is 135 Å². The minimum atomic E-state index is 0.0560. The molecule has 0 aliphatic heterocycles. The van der Waals surface area contributed by atoms with Crippen molar-refractivity contribution >= 4 is 33.6 Å². The zero-order valence-corrected chi connectivity index (χ0v) is 13.6. The van der Waals surface area contributed by atoms with Crippen LogP contribution in [0.25, 0.3) is 32.5 Å². The molecule has 0 aliphatic carbocycles. The first kappa shape index (κ1) is 13.5. The number of hydrogen-bond acceptors (Lipinski definition) is 3. The van der Waals surface area contributed by atoms with E-state index >= 15 is 0 Å². The largest absolute Gasteiger partial charge is 0.311 e. The molecule has 0 unspecified atom stereocenters. The Bertz CT molecular complexity index is 996. The second-order valence-electron chi connectivity index (χ2n) is 5.12. The molecule has 0 fully saturated rings. The summed E-state index contributed by atoms with van der Waals surface area (Å²) in [4.78, 5) is 14.1. The first-order valence-electron chi connectivity index (χ1n) is 6.95. The molecule has 2 nitrogen and oxygen atoms in total. The van der Waals surface area contributed by atoms with E-state index in [1.165, 1.54) is 0 Å². The van der Waals surface area contributed by atoms with Crippen molar-refractivity contribution in [2.45, 2.75) is 0 Å². The van der Waals surface area contributed by atoms with Crippen LogP contribution in [-0.2, 0) is 7.05 Å². The summed E-state index contributed by atoms with van der Waals surface area (Å²) in [6.45, 7) is 0. The van der Waals surface area contributed by atoms with E-state index in [2.05, 4.69) is 17.5 Å². The lowest BCUT2D eigenvalue weighted by Gasteiger charge is -2.14. The smallest absolute Gasteiger partial charge is 0.259 e. The quantitative estimate of drug-likeness (QED) is 0.509. The maximum Gasteiger partial charge on any atom is 0.259 e. The van der Waals surface area contributed by atoms with Crippen LogP contribution in [0.4, 0.5) is 0 Å². The van der Waals surface area contributed by atoms with Gasteiger partial charge < -0.3 is 4.57 Å².